The molecule has 0 aliphatic rings. The minimum absolute atomic E-state index is 0.820. The van der Waals surface area contributed by atoms with Crippen LogP contribution >= 0.6 is 11.8 Å². The molecule has 0 spiro atoms. The summed E-state index contributed by atoms with van der Waals surface area (Å²) in [5, 5.41) is 5.27. The van der Waals surface area contributed by atoms with Crippen LogP contribution in [0.4, 0.5) is 0 Å². The predicted octanol–water partition coefficient (Wildman–Crippen LogP) is 2.70. The number of methoxy groups -OCH3 is 1. The Balaban J connectivity index is 2.31. The van der Waals surface area contributed by atoms with Gasteiger partial charge in [0.25, 0.3) is 0 Å². The second-order valence-electron chi connectivity index (χ2n) is 3.48. The Labute approximate surface area is 105 Å². The summed E-state index contributed by atoms with van der Waals surface area (Å²) in [6.07, 6.45) is 0. The molecule has 0 radical (unpaired) electrons. The lowest BCUT2D eigenvalue weighted by atomic mass is 10.3. The van der Waals surface area contributed by atoms with Crippen LogP contribution in [0, 0.1) is 6.92 Å². The van der Waals surface area contributed by atoms with Gasteiger partial charge < -0.3 is 4.74 Å². The van der Waals surface area contributed by atoms with Gasteiger partial charge in [0, 0.05) is 0 Å². The minimum atomic E-state index is 0.820. The number of hydrogen-bond acceptors (Lipinski definition) is 4. The molecule has 1 aromatic carbocycles. The van der Waals surface area contributed by atoms with Gasteiger partial charge >= 0.3 is 0 Å². The van der Waals surface area contributed by atoms with Crippen molar-refractivity contribution >= 4 is 11.8 Å². The topological polar surface area (TPSA) is 39.9 Å². The summed E-state index contributed by atoms with van der Waals surface area (Å²) in [7, 11) is 1.66. The first-order valence-electron chi connectivity index (χ1n) is 5.45. The molecular formula is C12H15N3OS. The average molecular weight is 249 g/mol. The Morgan fingerprint density at radius 1 is 1.29 bits per heavy atom. The maximum Gasteiger partial charge on any atom is 0.209 e. The van der Waals surface area contributed by atoms with E-state index in [1.165, 1.54) is 0 Å². The van der Waals surface area contributed by atoms with Gasteiger partial charge in [0.1, 0.15) is 11.6 Å². The molecule has 0 fully saturated rings. The molecule has 0 bridgehead atoms. The summed E-state index contributed by atoms with van der Waals surface area (Å²) in [6.45, 7) is 4.05. The van der Waals surface area contributed by atoms with E-state index in [-0.39, 0.29) is 0 Å². The number of aromatic nitrogens is 3. The molecule has 2 rings (SSSR count). The molecule has 90 valence electrons. The van der Waals surface area contributed by atoms with Gasteiger partial charge in [-0.2, -0.15) is 0 Å². The minimum Gasteiger partial charge on any atom is -0.497 e. The Bertz CT molecular complexity index is 493. The lowest BCUT2D eigenvalue weighted by Crippen LogP contribution is -1.99. The van der Waals surface area contributed by atoms with E-state index in [1.54, 1.807) is 18.9 Å². The molecule has 0 amide bonds. The van der Waals surface area contributed by atoms with Crippen molar-refractivity contribution < 1.29 is 4.74 Å². The fourth-order valence-electron chi connectivity index (χ4n) is 1.52. The van der Waals surface area contributed by atoms with Gasteiger partial charge in [0.15, 0.2) is 0 Å². The predicted molar refractivity (Wildman–Crippen MR) is 69.0 cm³/mol. The molecule has 1 aromatic heterocycles. The molecule has 5 heteroatoms. The molecular weight excluding hydrogens is 234 g/mol. The number of ether oxygens (including phenoxy) is 1. The van der Waals surface area contributed by atoms with Gasteiger partial charge in [-0.25, -0.2) is 9.67 Å². The van der Waals surface area contributed by atoms with Crippen LogP contribution in [-0.4, -0.2) is 27.6 Å². The quantitative estimate of drug-likeness (QED) is 0.781. The summed E-state index contributed by atoms with van der Waals surface area (Å²) >= 11 is 1.64. The summed E-state index contributed by atoms with van der Waals surface area (Å²) in [6, 6.07) is 7.79. The van der Waals surface area contributed by atoms with E-state index < -0.39 is 0 Å². The highest BCUT2D eigenvalue weighted by atomic mass is 32.2. The molecule has 0 aliphatic heterocycles. The third kappa shape index (κ3) is 2.61. The standard InChI is InChI=1S/C12H15N3OS/c1-4-17-12-13-9(2)15(14-12)10-5-7-11(16-3)8-6-10/h5-8H,4H2,1-3H3. The molecule has 0 aliphatic carbocycles. The molecule has 0 N–H and O–H groups in total. The van der Waals surface area contributed by atoms with Crippen molar-refractivity contribution in [2.24, 2.45) is 0 Å². The Morgan fingerprint density at radius 2 is 2.00 bits per heavy atom. The highest BCUT2D eigenvalue weighted by Gasteiger charge is 2.07. The van der Waals surface area contributed by atoms with E-state index in [9.17, 15) is 0 Å². The van der Waals surface area contributed by atoms with Crippen LogP contribution in [0.5, 0.6) is 5.75 Å². The summed E-state index contributed by atoms with van der Waals surface area (Å²) in [5.74, 6) is 2.72. The number of aryl methyl sites for hydroxylation is 1. The van der Waals surface area contributed by atoms with Gasteiger partial charge in [0.2, 0.25) is 5.16 Å². The normalized spacial score (nSPS) is 10.5. The molecule has 0 saturated carbocycles. The van der Waals surface area contributed by atoms with Crippen LogP contribution < -0.4 is 4.74 Å². The van der Waals surface area contributed by atoms with Crippen molar-refractivity contribution in [3.05, 3.63) is 30.1 Å². The van der Waals surface area contributed by atoms with Crippen molar-refractivity contribution in [1.82, 2.24) is 14.8 Å². The molecule has 2 aromatic rings. The summed E-state index contributed by atoms with van der Waals surface area (Å²) in [5.41, 5.74) is 0.999. The first-order chi connectivity index (χ1) is 8.24. The molecule has 17 heavy (non-hydrogen) atoms. The molecule has 0 atom stereocenters. The average Bonchev–Trinajstić information content (AvgIpc) is 2.71. The van der Waals surface area contributed by atoms with Crippen molar-refractivity contribution in [3.8, 4) is 11.4 Å². The Morgan fingerprint density at radius 3 is 2.59 bits per heavy atom. The van der Waals surface area contributed by atoms with Crippen LogP contribution in [0.25, 0.3) is 5.69 Å². The van der Waals surface area contributed by atoms with Crippen molar-refractivity contribution in [1.29, 1.82) is 0 Å². The smallest absolute Gasteiger partial charge is 0.209 e. The molecule has 1 heterocycles. The number of hydrogen-bond donors (Lipinski definition) is 0. The van der Waals surface area contributed by atoms with E-state index in [2.05, 4.69) is 17.0 Å². The fraction of sp³-hybridized carbons (Fsp3) is 0.333. The van der Waals surface area contributed by atoms with Gasteiger partial charge in [-0.1, -0.05) is 18.7 Å². The van der Waals surface area contributed by atoms with Crippen molar-refractivity contribution in [2.75, 3.05) is 12.9 Å². The van der Waals surface area contributed by atoms with Crippen LogP contribution in [0.1, 0.15) is 12.7 Å². The van der Waals surface area contributed by atoms with E-state index in [1.807, 2.05) is 35.9 Å². The number of thioether (sulfide) groups is 1. The maximum absolute atomic E-state index is 5.13. The lowest BCUT2D eigenvalue weighted by Gasteiger charge is -2.04. The highest BCUT2D eigenvalue weighted by Crippen LogP contribution is 2.18. The first-order valence-corrected chi connectivity index (χ1v) is 6.44. The maximum atomic E-state index is 5.13. The molecule has 0 saturated heterocycles. The molecule has 0 unspecified atom stereocenters. The third-order valence-electron chi connectivity index (χ3n) is 2.34. The number of rotatable bonds is 4. The van der Waals surface area contributed by atoms with Crippen LogP contribution in [0.15, 0.2) is 29.4 Å². The van der Waals surface area contributed by atoms with Crippen LogP contribution in [0.3, 0.4) is 0 Å². The zero-order chi connectivity index (χ0) is 12.3. The third-order valence-corrected chi connectivity index (χ3v) is 3.06. The Hall–Kier alpha value is -1.49. The molecule has 4 nitrogen and oxygen atoms in total. The number of nitrogens with zero attached hydrogens (tertiary/aromatic N) is 3. The number of benzene rings is 1. The largest absolute Gasteiger partial charge is 0.497 e. The van der Waals surface area contributed by atoms with E-state index in [0.717, 1.165) is 28.2 Å². The van der Waals surface area contributed by atoms with Gasteiger partial charge in [0.05, 0.1) is 12.8 Å². The zero-order valence-electron chi connectivity index (χ0n) is 10.2. The second kappa shape index (κ2) is 5.23. The Kier molecular flexibility index (Phi) is 3.68. The van der Waals surface area contributed by atoms with E-state index in [4.69, 9.17) is 4.74 Å². The van der Waals surface area contributed by atoms with Crippen LogP contribution in [0.2, 0.25) is 0 Å². The lowest BCUT2D eigenvalue weighted by molar-refractivity contribution is 0.414. The summed E-state index contributed by atoms with van der Waals surface area (Å²) < 4.78 is 6.97. The SMILES string of the molecule is CCSc1nc(C)n(-c2ccc(OC)cc2)n1. The summed E-state index contributed by atoms with van der Waals surface area (Å²) in [4.78, 5) is 4.40. The monoisotopic (exact) mass is 249 g/mol. The van der Waals surface area contributed by atoms with Gasteiger partial charge in [-0.15, -0.1) is 5.10 Å². The van der Waals surface area contributed by atoms with Crippen molar-refractivity contribution in [2.45, 2.75) is 19.0 Å². The zero-order valence-corrected chi connectivity index (χ0v) is 11.0. The second-order valence-corrected chi connectivity index (χ2v) is 4.72. The van der Waals surface area contributed by atoms with E-state index >= 15 is 0 Å². The van der Waals surface area contributed by atoms with Crippen LogP contribution in [-0.2, 0) is 0 Å². The van der Waals surface area contributed by atoms with Crippen molar-refractivity contribution in [3.63, 3.8) is 0 Å². The first kappa shape index (κ1) is 12.0. The van der Waals surface area contributed by atoms with Gasteiger partial charge in [-0.05, 0) is 36.9 Å². The van der Waals surface area contributed by atoms with Gasteiger partial charge in [-0.3, -0.25) is 0 Å². The van der Waals surface area contributed by atoms with E-state index in [0.29, 0.717) is 0 Å². The highest BCUT2D eigenvalue weighted by molar-refractivity contribution is 7.99. The fourth-order valence-corrected chi connectivity index (χ4v) is 2.12.